The maximum absolute atomic E-state index is 13.3. The van der Waals surface area contributed by atoms with E-state index in [-0.39, 0.29) is 22.6 Å². The Bertz CT molecular complexity index is 1310. The lowest BCUT2D eigenvalue weighted by atomic mass is 9.94. The van der Waals surface area contributed by atoms with Gasteiger partial charge in [0.15, 0.2) is 0 Å². The third-order valence-electron chi connectivity index (χ3n) is 5.59. The molecule has 1 fully saturated rings. The zero-order valence-corrected chi connectivity index (χ0v) is 20.1. The molecule has 1 amide bonds. The van der Waals surface area contributed by atoms with E-state index in [4.69, 9.17) is 32.7 Å². The van der Waals surface area contributed by atoms with Crippen molar-refractivity contribution in [2.24, 2.45) is 0 Å². The monoisotopic (exact) mass is 497 g/mol. The number of aryl methyl sites for hydroxylation is 1. The second-order valence-corrected chi connectivity index (χ2v) is 8.65. The highest BCUT2D eigenvalue weighted by atomic mass is 35.5. The molecule has 34 heavy (non-hydrogen) atoms. The van der Waals surface area contributed by atoms with Crippen LogP contribution in [0.3, 0.4) is 0 Å². The van der Waals surface area contributed by atoms with Crippen molar-refractivity contribution < 1.29 is 24.2 Å². The molecule has 6 nitrogen and oxygen atoms in total. The van der Waals surface area contributed by atoms with Gasteiger partial charge in [0.2, 0.25) is 0 Å². The molecule has 1 saturated heterocycles. The number of benzene rings is 3. The van der Waals surface area contributed by atoms with Crippen LogP contribution in [0.4, 0.5) is 5.69 Å². The third kappa shape index (κ3) is 4.22. The zero-order chi connectivity index (χ0) is 24.6. The Balaban J connectivity index is 1.99. The van der Waals surface area contributed by atoms with E-state index in [0.717, 1.165) is 5.56 Å². The summed E-state index contributed by atoms with van der Waals surface area (Å²) in [5, 5.41) is 12.0. The Morgan fingerprint density at radius 1 is 0.941 bits per heavy atom. The van der Waals surface area contributed by atoms with Gasteiger partial charge < -0.3 is 14.6 Å². The number of anilines is 1. The molecule has 4 rings (SSSR count). The molecule has 1 unspecified atom stereocenters. The van der Waals surface area contributed by atoms with Crippen molar-refractivity contribution in [3.8, 4) is 11.5 Å². The lowest BCUT2D eigenvalue weighted by molar-refractivity contribution is -0.132. The summed E-state index contributed by atoms with van der Waals surface area (Å²) in [6, 6.07) is 15.9. The van der Waals surface area contributed by atoms with Gasteiger partial charge in [0.05, 0.1) is 31.4 Å². The zero-order valence-electron chi connectivity index (χ0n) is 18.6. The number of methoxy groups -OCH3 is 2. The number of ketones is 1. The average Bonchev–Trinajstić information content (AvgIpc) is 3.08. The summed E-state index contributed by atoms with van der Waals surface area (Å²) in [7, 11) is 2.95. The van der Waals surface area contributed by atoms with Gasteiger partial charge in [0.25, 0.3) is 11.7 Å². The van der Waals surface area contributed by atoms with Gasteiger partial charge in [-0.2, -0.15) is 0 Å². The van der Waals surface area contributed by atoms with E-state index >= 15 is 0 Å². The number of nitrogens with zero attached hydrogens (tertiary/aromatic N) is 1. The van der Waals surface area contributed by atoms with E-state index in [9.17, 15) is 14.7 Å². The summed E-state index contributed by atoms with van der Waals surface area (Å²) >= 11 is 12.4. The van der Waals surface area contributed by atoms with Crippen LogP contribution in [0.2, 0.25) is 10.0 Å². The first-order valence-electron chi connectivity index (χ1n) is 10.3. The molecule has 1 heterocycles. The molecular weight excluding hydrogens is 477 g/mol. The number of carbonyl (C=O) groups excluding carboxylic acids is 2. The Morgan fingerprint density at radius 2 is 1.65 bits per heavy atom. The van der Waals surface area contributed by atoms with Crippen molar-refractivity contribution in [3.05, 3.63) is 93.0 Å². The number of amides is 1. The summed E-state index contributed by atoms with van der Waals surface area (Å²) in [6.07, 6.45) is 0. The van der Waals surface area contributed by atoms with Gasteiger partial charge in [0, 0.05) is 21.8 Å². The van der Waals surface area contributed by atoms with Crippen molar-refractivity contribution in [2.45, 2.75) is 13.0 Å². The van der Waals surface area contributed by atoms with Crippen LogP contribution in [-0.2, 0) is 9.59 Å². The molecule has 1 atom stereocenters. The molecule has 0 spiro atoms. The molecule has 1 aliphatic heterocycles. The maximum atomic E-state index is 13.3. The summed E-state index contributed by atoms with van der Waals surface area (Å²) in [5.41, 5.74) is 2.09. The van der Waals surface area contributed by atoms with Gasteiger partial charge in [-0.1, -0.05) is 53.0 Å². The van der Waals surface area contributed by atoms with Crippen molar-refractivity contribution in [2.75, 3.05) is 19.1 Å². The highest BCUT2D eigenvalue weighted by molar-refractivity contribution is 6.52. The number of hydrogen-bond acceptors (Lipinski definition) is 5. The molecular formula is C26H21Cl2NO5. The van der Waals surface area contributed by atoms with Crippen molar-refractivity contribution >= 4 is 46.3 Å². The Labute approximate surface area is 206 Å². The molecule has 0 bridgehead atoms. The Hall–Kier alpha value is -3.48. The molecule has 3 aromatic rings. The Morgan fingerprint density at radius 3 is 2.26 bits per heavy atom. The fraction of sp³-hybridized carbons (Fsp3) is 0.154. The quantitative estimate of drug-likeness (QED) is 0.268. The van der Waals surface area contributed by atoms with Crippen LogP contribution in [-0.4, -0.2) is 31.0 Å². The molecule has 0 saturated carbocycles. The third-order valence-corrected chi connectivity index (χ3v) is 6.03. The second-order valence-electron chi connectivity index (χ2n) is 7.78. The molecule has 174 valence electrons. The van der Waals surface area contributed by atoms with Crippen LogP contribution in [0.25, 0.3) is 5.76 Å². The van der Waals surface area contributed by atoms with E-state index in [0.29, 0.717) is 27.0 Å². The summed E-state index contributed by atoms with van der Waals surface area (Å²) in [5.74, 6) is -1.20. The van der Waals surface area contributed by atoms with Gasteiger partial charge in [-0.15, -0.1) is 0 Å². The molecule has 8 heteroatoms. The van der Waals surface area contributed by atoms with Crippen molar-refractivity contribution in [1.29, 1.82) is 0 Å². The number of halogens is 2. The minimum atomic E-state index is -0.916. The first-order valence-corrected chi connectivity index (χ1v) is 11.1. The fourth-order valence-electron chi connectivity index (χ4n) is 4.07. The van der Waals surface area contributed by atoms with E-state index in [2.05, 4.69) is 0 Å². The SMILES string of the molecule is COc1ccc(/C(O)=C2/C(=O)C(=O)N(c3cc(Cl)cc(Cl)c3)C2c2cccc(C)c2)c(OC)c1. The average molecular weight is 498 g/mol. The lowest BCUT2D eigenvalue weighted by Crippen LogP contribution is -2.29. The number of Topliss-reactive ketones (excluding diaryl/α,β-unsaturated/α-hetero) is 1. The minimum Gasteiger partial charge on any atom is -0.507 e. The first-order chi connectivity index (χ1) is 16.2. The molecule has 1 N–H and O–H groups in total. The van der Waals surface area contributed by atoms with Gasteiger partial charge in [-0.3, -0.25) is 14.5 Å². The molecule has 3 aromatic carbocycles. The predicted octanol–water partition coefficient (Wildman–Crippen LogP) is 5.95. The largest absolute Gasteiger partial charge is 0.507 e. The van der Waals surface area contributed by atoms with Gasteiger partial charge in [-0.25, -0.2) is 0 Å². The van der Waals surface area contributed by atoms with Gasteiger partial charge >= 0.3 is 0 Å². The topological polar surface area (TPSA) is 76.1 Å². The van der Waals surface area contributed by atoms with Crippen LogP contribution >= 0.6 is 23.2 Å². The van der Waals surface area contributed by atoms with Crippen LogP contribution < -0.4 is 14.4 Å². The van der Waals surface area contributed by atoms with E-state index < -0.39 is 17.7 Å². The standard InChI is InChI=1S/C26H21Cl2NO5/c1-14-5-4-6-15(9-14)23-22(24(30)20-8-7-19(33-2)13-21(20)34-3)25(31)26(32)29(23)18-11-16(27)10-17(28)12-18/h4-13,23,30H,1-3H3/b24-22-. The fourth-order valence-corrected chi connectivity index (χ4v) is 4.59. The molecule has 1 aliphatic rings. The minimum absolute atomic E-state index is 0.0739. The van der Waals surface area contributed by atoms with Crippen LogP contribution in [0, 0.1) is 6.92 Å². The smallest absolute Gasteiger partial charge is 0.300 e. The van der Waals surface area contributed by atoms with Crippen LogP contribution in [0.15, 0.2) is 66.2 Å². The number of carbonyl (C=O) groups is 2. The number of hydrogen-bond donors (Lipinski definition) is 1. The van der Waals surface area contributed by atoms with Gasteiger partial charge in [0.1, 0.15) is 17.3 Å². The van der Waals surface area contributed by atoms with Gasteiger partial charge in [-0.05, 0) is 42.8 Å². The molecule has 0 aliphatic carbocycles. The molecule has 0 aromatic heterocycles. The van der Waals surface area contributed by atoms with E-state index in [1.54, 1.807) is 36.4 Å². The van der Waals surface area contributed by atoms with Crippen LogP contribution in [0.5, 0.6) is 11.5 Å². The van der Waals surface area contributed by atoms with Crippen molar-refractivity contribution in [3.63, 3.8) is 0 Å². The highest BCUT2D eigenvalue weighted by Gasteiger charge is 2.47. The lowest BCUT2D eigenvalue weighted by Gasteiger charge is -2.26. The number of ether oxygens (including phenoxy) is 2. The van der Waals surface area contributed by atoms with E-state index in [1.165, 1.54) is 25.2 Å². The summed E-state index contributed by atoms with van der Waals surface area (Å²) in [4.78, 5) is 27.9. The number of rotatable bonds is 5. The van der Waals surface area contributed by atoms with E-state index in [1.807, 2.05) is 25.1 Å². The number of aliphatic hydroxyl groups excluding tert-OH is 1. The Kier molecular flexibility index (Phi) is 6.55. The highest BCUT2D eigenvalue weighted by Crippen LogP contribution is 2.44. The predicted molar refractivity (Wildman–Crippen MR) is 132 cm³/mol. The molecule has 0 radical (unpaired) electrons. The maximum Gasteiger partial charge on any atom is 0.300 e. The number of aliphatic hydroxyl groups is 1. The van der Waals surface area contributed by atoms with Crippen LogP contribution in [0.1, 0.15) is 22.7 Å². The summed E-state index contributed by atoms with van der Waals surface area (Å²) in [6.45, 7) is 1.90. The second kappa shape index (κ2) is 9.41. The van der Waals surface area contributed by atoms with Crippen molar-refractivity contribution in [1.82, 2.24) is 0 Å². The normalized spacial score (nSPS) is 17.2. The summed E-state index contributed by atoms with van der Waals surface area (Å²) < 4.78 is 10.6. The first kappa shape index (κ1) is 23.7.